The standard InChI is InChI=1S/C19H25ClN4O2/c1-13(11-24-15(3)8-14(2)22-24)10-21-19(25)12-23-6-7-26-18-5-4-16(20)9-17(18)23/h4-5,8-9,13H,6-7,10-12H2,1-3H3,(H,21,25). The number of fused-ring (bicyclic) bond motifs is 1. The summed E-state index contributed by atoms with van der Waals surface area (Å²) in [5.41, 5.74) is 3.03. The van der Waals surface area contributed by atoms with Gasteiger partial charge in [0.25, 0.3) is 0 Å². The molecule has 0 radical (unpaired) electrons. The van der Waals surface area contributed by atoms with Gasteiger partial charge in [0.15, 0.2) is 0 Å². The Hall–Kier alpha value is -2.21. The predicted octanol–water partition coefficient (Wildman–Crippen LogP) is 2.80. The number of benzene rings is 1. The number of nitrogens with one attached hydrogen (secondary N) is 1. The molecule has 1 aliphatic rings. The summed E-state index contributed by atoms with van der Waals surface area (Å²) in [6.07, 6.45) is 0. The molecule has 26 heavy (non-hydrogen) atoms. The number of carbonyl (C=O) groups excluding carboxylic acids is 1. The lowest BCUT2D eigenvalue weighted by Crippen LogP contribution is -2.42. The maximum absolute atomic E-state index is 12.4. The smallest absolute Gasteiger partial charge is 0.239 e. The Bertz CT molecular complexity index is 790. The Labute approximate surface area is 159 Å². The summed E-state index contributed by atoms with van der Waals surface area (Å²) < 4.78 is 7.62. The van der Waals surface area contributed by atoms with Crippen LogP contribution in [0, 0.1) is 19.8 Å². The van der Waals surface area contributed by atoms with E-state index in [1.165, 1.54) is 0 Å². The Kier molecular flexibility index (Phi) is 5.71. The molecule has 0 saturated heterocycles. The van der Waals surface area contributed by atoms with E-state index in [1.54, 1.807) is 6.07 Å². The summed E-state index contributed by atoms with van der Waals surface area (Å²) in [5, 5.41) is 8.14. The number of aromatic nitrogens is 2. The lowest BCUT2D eigenvalue weighted by molar-refractivity contribution is -0.120. The first-order valence-electron chi connectivity index (χ1n) is 8.87. The predicted molar refractivity (Wildman–Crippen MR) is 103 cm³/mol. The zero-order valence-corrected chi connectivity index (χ0v) is 16.2. The zero-order chi connectivity index (χ0) is 18.7. The van der Waals surface area contributed by atoms with E-state index in [9.17, 15) is 4.79 Å². The second-order valence-electron chi connectivity index (χ2n) is 6.90. The second-order valence-corrected chi connectivity index (χ2v) is 7.34. The van der Waals surface area contributed by atoms with Crippen molar-refractivity contribution < 1.29 is 9.53 Å². The van der Waals surface area contributed by atoms with Crippen molar-refractivity contribution in [2.75, 3.05) is 31.1 Å². The molecule has 140 valence electrons. The highest BCUT2D eigenvalue weighted by Gasteiger charge is 2.20. The van der Waals surface area contributed by atoms with Crippen LogP contribution in [0.25, 0.3) is 0 Å². The number of carbonyl (C=O) groups is 1. The Morgan fingerprint density at radius 2 is 2.19 bits per heavy atom. The van der Waals surface area contributed by atoms with Crippen LogP contribution >= 0.6 is 11.6 Å². The van der Waals surface area contributed by atoms with E-state index >= 15 is 0 Å². The molecule has 2 aromatic rings. The van der Waals surface area contributed by atoms with Crippen LogP contribution in [0.2, 0.25) is 5.02 Å². The molecule has 2 heterocycles. The molecule has 1 aromatic heterocycles. The second kappa shape index (κ2) is 7.99. The first-order valence-corrected chi connectivity index (χ1v) is 9.25. The van der Waals surface area contributed by atoms with Crippen molar-refractivity contribution in [3.8, 4) is 5.75 Å². The SMILES string of the molecule is Cc1cc(C)n(CC(C)CNC(=O)CN2CCOc3ccc(Cl)cc32)n1. The normalized spacial score (nSPS) is 14.5. The van der Waals surface area contributed by atoms with Gasteiger partial charge in [-0.15, -0.1) is 0 Å². The molecule has 0 saturated carbocycles. The third kappa shape index (κ3) is 4.49. The number of hydrogen-bond donors (Lipinski definition) is 1. The van der Waals surface area contributed by atoms with Crippen molar-refractivity contribution >= 4 is 23.2 Å². The zero-order valence-electron chi connectivity index (χ0n) is 15.5. The molecule has 1 amide bonds. The van der Waals surface area contributed by atoms with Gasteiger partial charge in [0.05, 0.1) is 24.5 Å². The van der Waals surface area contributed by atoms with Crippen molar-refractivity contribution in [2.45, 2.75) is 27.3 Å². The minimum atomic E-state index is -0.00181. The Morgan fingerprint density at radius 1 is 1.38 bits per heavy atom. The lowest BCUT2D eigenvalue weighted by atomic mass is 10.2. The fraction of sp³-hybridized carbons (Fsp3) is 0.474. The van der Waals surface area contributed by atoms with Gasteiger partial charge in [0.2, 0.25) is 5.91 Å². The number of rotatable bonds is 6. The molecule has 3 rings (SSSR count). The van der Waals surface area contributed by atoms with Crippen LogP contribution in [-0.4, -0.2) is 41.9 Å². The number of anilines is 1. The van der Waals surface area contributed by atoms with E-state index < -0.39 is 0 Å². The first-order chi connectivity index (χ1) is 12.4. The summed E-state index contributed by atoms with van der Waals surface area (Å²) in [7, 11) is 0. The van der Waals surface area contributed by atoms with E-state index in [4.69, 9.17) is 16.3 Å². The maximum atomic E-state index is 12.4. The number of hydrogen-bond acceptors (Lipinski definition) is 4. The van der Waals surface area contributed by atoms with Gasteiger partial charge in [-0.3, -0.25) is 9.48 Å². The molecule has 0 aliphatic carbocycles. The molecule has 1 aliphatic heterocycles. The third-order valence-corrected chi connectivity index (χ3v) is 4.69. The van der Waals surface area contributed by atoms with Crippen molar-refractivity contribution in [3.63, 3.8) is 0 Å². The fourth-order valence-corrected chi connectivity index (χ4v) is 3.31. The molecule has 1 aromatic carbocycles. The minimum absolute atomic E-state index is 0.00181. The fourth-order valence-electron chi connectivity index (χ4n) is 3.15. The average Bonchev–Trinajstić information content (AvgIpc) is 2.91. The van der Waals surface area contributed by atoms with E-state index in [2.05, 4.69) is 23.4 Å². The average molecular weight is 377 g/mol. The van der Waals surface area contributed by atoms with Crippen molar-refractivity contribution in [3.05, 3.63) is 40.7 Å². The summed E-state index contributed by atoms with van der Waals surface area (Å²) >= 11 is 6.08. The van der Waals surface area contributed by atoms with Gasteiger partial charge in [-0.1, -0.05) is 18.5 Å². The molecule has 0 bridgehead atoms. The quantitative estimate of drug-likeness (QED) is 0.842. The maximum Gasteiger partial charge on any atom is 0.239 e. The number of amides is 1. The highest BCUT2D eigenvalue weighted by atomic mass is 35.5. The van der Waals surface area contributed by atoms with Gasteiger partial charge in [-0.2, -0.15) is 5.10 Å². The van der Waals surface area contributed by atoms with Gasteiger partial charge < -0.3 is 15.0 Å². The number of aryl methyl sites for hydroxylation is 2. The molecule has 0 fully saturated rings. The summed E-state index contributed by atoms with van der Waals surface area (Å²) in [4.78, 5) is 14.4. The summed E-state index contributed by atoms with van der Waals surface area (Å²) in [6, 6.07) is 7.55. The van der Waals surface area contributed by atoms with Gasteiger partial charge >= 0.3 is 0 Å². The summed E-state index contributed by atoms with van der Waals surface area (Å²) in [5.74, 6) is 1.06. The van der Waals surface area contributed by atoms with E-state index in [0.29, 0.717) is 37.2 Å². The van der Waals surface area contributed by atoms with Crippen LogP contribution in [0.4, 0.5) is 5.69 Å². The molecular weight excluding hydrogens is 352 g/mol. The van der Waals surface area contributed by atoms with Gasteiger partial charge in [-0.05, 0) is 44.0 Å². The van der Waals surface area contributed by atoms with Crippen molar-refractivity contribution in [2.24, 2.45) is 5.92 Å². The lowest BCUT2D eigenvalue weighted by Gasteiger charge is -2.31. The number of nitrogens with zero attached hydrogens (tertiary/aromatic N) is 3. The monoisotopic (exact) mass is 376 g/mol. The number of halogens is 1. The van der Waals surface area contributed by atoms with Gasteiger partial charge in [0, 0.05) is 23.8 Å². The molecule has 7 heteroatoms. The number of ether oxygens (including phenoxy) is 1. The van der Waals surface area contributed by atoms with E-state index in [-0.39, 0.29) is 5.91 Å². The van der Waals surface area contributed by atoms with Crippen LogP contribution in [0.15, 0.2) is 24.3 Å². The van der Waals surface area contributed by atoms with Crippen LogP contribution in [0.1, 0.15) is 18.3 Å². The minimum Gasteiger partial charge on any atom is -0.490 e. The highest BCUT2D eigenvalue weighted by Crippen LogP contribution is 2.33. The first kappa shape index (κ1) is 18.6. The molecule has 1 N–H and O–H groups in total. The Balaban J connectivity index is 1.52. The molecule has 1 unspecified atom stereocenters. The van der Waals surface area contributed by atoms with Crippen LogP contribution < -0.4 is 15.0 Å². The van der Waals surface area contributed by atoms with Crippen molar-refractivity contribution in [1.82, 2.24) is 15.1 Å². The molecule has 0 spiro atoms. The molecular formula is C19H25ClN4O2. The highest BCUT2D eigenvalue weighted by molar-refractivity contribution is 6.31. The van der Waals surface area contributed by atoms with Crippen LogP contribution in [0.5, 0.6) is 5.75 Å². The Morgan fingerprint density at radius 3 is 2.92 bits per heavy atom. The largest absolute Gasteiger partial charge is 0.490 e. The van der Waals surface area contributed by atoms with Gasteiger partial charge in [-0.25, -0.2) is 0 Å². The molecule has 6 nitrogen and oxygen atoms in total. The van der Waals surface area contributed by atoms with Gasteiger partial charge in [0.1, 0.15) is 12.4 Å². The molecule has 1 atom stereocenters. The topological polar surface area (TPSA) is 59.4 Å². The van der Waals surface area contributed by atoms with Crippen LogP contribution in [-0.2, 0) is 11.3 Å². The van der Waals surface area contributed by atoms with E-state index in [1.807, 2.05) is 35.6 Å². The summed E-state index contributed by atoms with van der Waals surface area (Å²) in [6.45, 7) is 9.08. The van der Waals surface area contributed by atoms with Crippen LogP contribution in [0.3, 0.4) is 0 Å². The third-order valence-electron chi connectivity index (χ3n) is 4.45. The van der Waals surface area contributed by atoms with Crippen molar-refractivity contribution in [1.29, 1.82) is 0 Å². The van der Waals surface area contributed by atoms with E-state index in [0.717, 1.165) is 29.4 Å².